The van der Waals surface area contributed by atoms with Crippen LogP contribution in [0, 0.1) is 12.8 Å². The molecule has 5 heteroatoms. The quantitative estimate of drug-likeness (QED) is 0.943. The van der Waals surface area contributed by atoms with E-state index >= 15 is 0 Å². The molecule has 1 aliphatic heterocycles. The van der Waals surface area contributed by atoms with E-state index in [9.17, 15) is 9.90 Å². The predicted octanol–water partition coefficient (Wildman–Crippen LogP) is 2.03. The van der Waals surface area contributed by atoms with Crippen LogP contribution < -0.4 is 0 Å². The molecule has 0 saturated carbocycles. The molecule has 1 amide bonds. The van der Waals surface area contributed by atoms with Gasteiger partial charge in [-0.3, -0.25) is 4.79 Å². The molecule has 1 aromatic carbocycles. The van der Waals surface area contributed by atoms with E-state index in [4.69, 9.17) is 0 Å². The largest absolute Gasteiger partial charge is 0.396 e. The minimum absolute atomic E-state index is 0.0429. The zero-order valence-corrected chi connectivity index (χ0v) is 12.8. The van der Waals surface area contributed by atoms with Gasteiger partial charge >= 0.3 is 0 Å². The molecule has 0 aliphatic carbocycles. The number of carbonyl (C=O) groups excluding carboxylic acids is 1. The van der Waals surface area contributed by atoms with Gasteiger partial charge < -0.3 is 10.0 Å². The van der Waals surface area contributed by atoms with Crippen LogP contribution >= 0.6 is 0 Å². The lowest BCUT2D eigenvalue weighted by molar-refractivity contribution is 0.0620. The van der Waals surface area contributed by atoms with Crippen LogP contribution in [0.25, 0.3) is 5.69 Å². The van der Waals surface area contributed by atoms with Crippen molar-refractivity contribution < 1.29 is 9.90 Å². The van der Waals surface area contributed by atoms with E-state index in [1.54, 1.807) is 4.68 Å². The molecule has 0 radical (unpaired) electrons. The van der Waals surface area contributed by atoms with Crippen molar-refractivity contribution in [3.05, 3.63) is 47.8 Å². The van der Waals surface area contributed by atoms with Gasteiger partial charge in [-0.15, -0.1) is 0 Å². The van der Waals surface area contributed by atoms with Crippen LogP contribution in [0.4, 0.5) is 0 Å². The fourth-order valence-electron chi connectivity index (χ4n) is 2.89. The zero-order chi connectivity index (χ0) is 15.5. The van der Waals surface area contributed by atoms with E-state index in [0.29, 0.717) is 12.1 Å². The Labute approximate surface area is 130 Å². The highest BCUT2D eigenvalue weighted by Gasteiger charge is 2.23. The topological polar surface area (TPSA) is 58.4 Å². The molecule has 5 nitrogen and oxygen atoms in total. The summed E-state index contributed by atoms with van der Waals surface area (Å²) < 4.78 is 1.80. The first-order chi connectivity index (χ1) is 10.7. The summed E-state index contributed by atoms with van der Waals surface area (Å²) in [5.41, 5.74) is 2.73. The molecule has 22 heavy (non-hydrogen) atoms. The van der Waals surface area contributed by atoms with E-state index in [-0.39, 0.29) is 18.4 Å². The van der Waals surface area contributed by atoms with Crippen molar-refractivity contribution in [1.29, 1.82) is 0 Å². The maximum absolute atomic E-state index is 12.5. The summed E-state index contributed by atoms with van der Waals surface area (Å²) in [5.74, 6) is 0.255. The number of aryl methyl sites for hydroxylation is 1. The normalized spacial score (nSPS) is 18.5. The molecule has 0 bridgehead atoms. The first kappa shape index (κ1) is 14.8. The molecule has 1 saturated heterocycles. The second kappa shape index (κ2) is 6.32. The van der Waals surface area contributed by atoms with E-state index < -0.39 is 0 Å². The van der Waals surface area contributed by atoms with Gasteiger partial charge in [0, 0.05) is 31.5 Å². The number of aromatic nitrogens is 2. The maximum Gasteiger partial charge on any atom is 0.253 e. The van der Waals surface area contributed by atoms with Crippen LogP contribution in [0.1, 0.15) is 28.8 Å². The number of rotatable bonds is 3. The van der Waals surface area contributed by atoms with Gasteiger partial charge in [0.2, 0.25) is 0 Å². The fraction of sp³-hybridized carbons (Fsp3) is 0.412. The van der Waals surface area contributed by atoms with Gasteiger partial charge in [0.25, 0.3) is 5.91 Å². The Hall–Kier alpha value is -2.14. The lowest BCUT2D eigenvalue weighted by Crippen LogP contribution is -2.40. The molecule has 1 fully saturated rings. The summed E-state index contributed by atoms with van der Waals surface area (Å²) in [6.45, 7) is 3.57. The number of amides is 1. The number of nitrogens with zero attached hydrogens (tertiary/aromatic N) is 3. The number of piperidine rings is 1. The average Bonchev–Trinajstić information content (AvgIpc) is 3.01. The Morgan fingerprint density at radius 3 is 2.77 bits per heavy atom. The molecule has 1 aliphatic rings. The third-order valence-corrected chi connectivity index (χ3v) is 4.15. The number of likely N-dealkylation sites (tertiary alicyclic amines) is 1. The lowest BCUT2D eigenvalue weighted by Gasteiger charge is -2.31. The van der Waals surface area contributed by atoms with Gasteiger partial charge in [-0.25, -0.2) is 4.68 Å². The minimum atomic E-state index is 0.0429. The Bertz CT molecular complexity index is 648. The number of aliphatic hydroxyl groups excluding tert-OH is 1. The van der Waals surface area contributed by atoms with Crippen molar-refractivity contribution in [3.63, 3.8) is 0 Å². The Morgan fingerprint density at radius 1 is 1.36 bits per heavy atom. The SMILES string of the molecule is Cc1cnn(-c2ccc(C(=O)N3CCCC(CO)C3)cc2)c1. The van der Waals surface area contributed by atoms with Crippen molar-refractivity contribution in [2.75, 3.05) is 19.7 Å². The standard InChI is InChI=1S/C17H21N3O2/c1-13-9-18-20(10-13)16-6-4-15(5-7-16)17(22)19-8-2-3-14(11-19)12-21/h4-7,9-10,14,21H,2-3,8,11-12H2,1H3. The predicted molar refractivity (Wildman–Crippen MR) is 84.0 cm³/mol. The Balaban J connectivity index is 1.73. The molecule has 2 aromatic rings. The molecule has 3 rings (SSSR count). The number of benzene rings is 1. The van der Waals surface area contributed by atoms with Gasteiger partial charge in [0.1, 0.15) is 0 Å². The summed E-state index contributed by atoms with van der Waals surface area (Å²) in [6, 6.07) is 7.51. The third kappa shape index (κ3) is 3.04. The first-order valence-electron chi connectivity index (χ1n) is 7.69. The second-order valence-electron chi connectivity index (χ2n) is 5.95. The van der Waals surface area contributed by atoms with Gasteiger partial charge in [-0.1, -0.05) is 0 Å². The van der Waals surface area contributed by atoms with Crippen LogP contribution in [-0.2, 0) is 0 Å². The molecule has 2 heterocycles. The minimum Gasteiger partial charge on any atom is -0.396 e. The fourth-order valence-corrected chi connectivity index (χ4v) is 2.89. The van der Waals surface area contributed by atoms with Gasteiger partial charge in [-0.2, -0.15) is 5.10 Å². The Morgan fingerprint density at radius 2 is 2.14 bits per heavy atom. The van der Waals surface area contributed by atoms with E-state index in [1.807, 2.05) is 48.5 Å². The molecule has 1 aromatic heterocycles. The molecular weight excluding hydrogens is 278 g/mol. The molecule has 1 unspecified atom stereocenters. The number of hydrogen-bond donors (Lipinski definition) is 1. The van der Waals surface area contributed by atoms with Crippen LogP contribution in [0.5, 0.6) is 0 Å². The average molecular weight is 299 g/mol. The van der Waals surface area contributed by atoms with Crippen LogP contribution in [0.15, 0.2) is 36.7 Å². The molecular formula is C17H21N3O2. The first-order valence-corrected chi connectivity index (χ1v) is 7.69. The summed E-state index contributed by atoms with van der Waals surface area (Å²) in [4.78, 5) is 14.4. The summed E-state index contributed by atoms with van der Waals surface area (Å²) in [7, 11) is 0. The van der Waals surface area contributed by atoms with Crippen LogP contribution in [0.2, 0.25) is 0 Å². The number of carbonyl (C=O) groups is 1. The number of aliphatic hydroxyl groups is 1. The second-order valence-corrected chi connectivity index (χ2v) is 5.95. The molecule has 1 atom stereocenters. The third-order valence-electron chi connectivity index (χ3n) is 4.15. The Kier molecular flexibility index (Phi) is 4.24. The van der Waals surface area contributed by atoms with Crippen molar-refractivity contribution in [2.45, 2.75) is 19.8 Å². The summed E-state index contributed by atoms with van der Waals surface area (Å²) in [6.07, 6.45) is 5.72. The molecule has 116 valence electrons. The smallest absolute Gasteiger partial charge is 0.253 e. The molecule has 1 N–H and O–H groups in total. The maximum atomic E-state index is 12.5. The van der Waals surface area contributed by atoms with Crippen molar-refractivity contribution in [2.24, 2.45) is 5.92 Å². The van der Waals surface area contributed by atoms with Gasteiger partial charge in [0.05, 0.1) is 11.9 Å². The van der Waals surface area contributed by atoms with Gasteiger partial charge in [0.15, 0.2) is 0 Å². The highest BCUT2D eigenvalue weighted by Crippen LogP contribution is 2.19. The molecule has 0 spiro atoms. The van der Waals surface area contributed by atoms with Crippen molar-refractivity contribution >= 4 is 5.91 Å². The van der Waals surface area contributed by atoms with Crippen LogP contribution in [-0.4, -0.2) is 45.4 Å². The van der Waals surface area contributed by atoms with E-state index in [1.165, 1.54) is 0 Å². The zero-order valence-electron chi connectivity index (χ0n) is 12.8. The van der Waals surface area contributed by atoms with Crippen LogP contribution in [0.3, 0.4) is 0 Å². The van der Waals surface area contributed by atoms with Crippen molar-refractivity contribution in [1.82, 2.24) is 14.7 Å². The van der Waals surface area contributed by atoms with E-state index in [0.717, 1.165) is 30.6 Å². The highest BCUT2D eigenvalue weighted by atomic mass is 16.3. The highest BCUT2D eigenvalue weighted by molar-refractivity contribution is 5.94. The summed E-state index contributed by atoms with van der Waals surface area (Å²) in [5, 5.41) is 13.5. The van der Waals surface area contributed by atoms with Crippen molar-refractivity contribution in [3.8, 4) is 5.69 Å². The monoisotopic (exact) mass is 299 g/mol. The lowest BCUT2D eigenvalue weighted by atomic mass is 9.98. The van der Waals surface area contributed by atoms with E-state index in [2.05, 4.69) is 5.10 Å². The summed E-state index contributed by atoms with van der Waals surface area (Å²) >= 11 is 0. The van der Waals surface area contributed by atoms with Gasteiger partial charge in [-0.05, 0) is 55.5 Å². The number of hydrogen-bond acceptors (Lipinski definition) is 3.